The highest BCUT2D eigenvalue weighted by atomic mass is 19.1. The molecular formula is C19H17FN4. The summed E-state index contributed by atoms with van der Waals surface area (Å²) >= 11 is 0. The molecule has 4 nitrogen and oxygen atoms in total. The molecule has 0 aliphatic carbocycles. The molecule has 0 saturated carbocycles. The first-order valence-corrected chi connectivity index (χ1v) is 7.59. The van der Waals surface area contributed by atoms with E-state index in [9.17, 15) is 4.39 Å². The second kappa shape index (κ2) is 6.55. The first-order chi connectivity index (χ1) is 11.6. The molecule has 0 aliphatic rings. The first kappa shape index (κ1) is 15.8. The molecule has 0 unspecified atom stereocenters. The Kier molecular flexibility index (Phi) is 4.30. The van der Waals surface area contributed by atoms with Gasteiger partial charge in [0, 0.05) is 31.4 Å². The third-order valence-corrected chi connectivity index (χ3v) is 3.70. The van der Waals surface area contributed by atoms with Crippen LogP contribution in [-0.4, -0.2) is 28.6 Å². The van der Waals surface area contributed by atoms with E-state index < -0.39 is 0 Å². The van der Waals surface area contributed by atoms with Crippen LogP contribution >= 0.6 is 0 Å². The van der Waals surface area contributed by atoms with E-state index in [4.69, 9.17) is 5.26 Å². The molecule has 120 valence electrons. The molecule has 0 aliphatic heterocycles. The van der Waals surface area contributed by atoms with Crippen LogP contribution in [0.15, 0.2) is 54.9 Å². The summed E-state index contributed by atoms with van der Waals surface area (Å²) in [6.07, 6.45) is 6.45. The van der Waals surface area contributed by atoms with Gasteiger partial charge in [0.1, 0.15) is 11.9 Å². The maximum atomic E-state index is 13.2. The highest BCUT2D eigenvalue weighted by Gasteiger charge is 2.14. The fraction of sp³-hybridized carbons (Fsp3) is 0.158. The molecular weight excluding hydrogens is 303 g/mol. The van der Waals surface area contributed by atoms with Crippen LogP contribution in [-0.2, 0) is 6.42 Å². The van der Waals surface area contributed by atoms with Gasteiger partial charge in [-0.15, -0.1) is 0 Å². The topological polar surface area (TPSA) is 44.3 Å². The van der Waals surface area contributed by atoms with Gasteiger partial charge in [-0.1, -0.05) is 6.08 Å². The fourth-order valence-electron chi connectivity index (χ4n) is 2.59. The molecule has 0 fully saturated rings. The molecule has 0 atom stereocenters. The van der Waals surface area contributed by atoms with Gasteiger partial charge in [0.05, 0.1) is 16.8 Å². The van der Waals surface area contributed by atoms with Gasteiger partial charge in [0.15, 0.2) is 0 Å². The summed E-state index contributed by atoms with van der Waals surface area (Å²) in [5.74, 6) is -0.275. The zero-order valence-electron chi connectivity index (χ0n) is 13.6. The first-order valence-electron chi connectivity index (χ1n) is 7.59. The minimum Gasteiger partial charge on any atom is -0.384 e. The number of nitriles is 1. The zero-order chi connectivity index (χ0) is 17.1. The maximum absolute atomic E-state index is 13.2. The van der Waals surface area contributed by atoms with Crippen molar-refractivity contribution in [3.05, 3.63) is 71.8 Å². The van der Waals surface area contributed by atoms with Crippen molar-refractivity contribution in [1.29, 1.82) is 5.26 Å². The number of allylic oxidation sites excluding steroid dienone is 1. The van der Waals surface area contributed by atoms with E-state index in [0.29, 0.717) is 12.0 Å². The monoisotopic (exact) mass is 320 g/mol. The van der Waals surface area contributed by atoms with Crippen molar-refractivity contribution in [2.45, 2.75) is 6.42 Å². The second-order valence-corrected chi connectivity index (χ2v) is 5.75. The van der Waals surface area contributed by atoms with Crippen LogP contribution in [0.2, 0.25) is 0 Å². The quantitative estimate of drug-likeness (QED) is 0.737. The number of nitrogens with zero attached hydrogens (tertiary/aromatic N) is 4. The van der Waals surface area contributed by atoms with Gasteiger partial charge in [-0.25, -0.2) is 8.91 Å². The van der Waals surface area contributed by atoms with Gasteiger partial charge in [0.2, 0.25) is 0 Å². The van der Waals surface area contributed by atoms with Crippen molar-refractivity contribution < 1.29 is 4.39 Å². The van der Waals surface area contributed by atoms with Crippen molar-refractivity contribution >= 4 is 5.52 Å². The molecule has 0 spiro atoms. The third-order valence-electron chi connectivity index (χ3n) is 3.70. The van der Waals surface area contributed by atoms with Crippen LogP contribution in [0, 0.1) is 17.1 Å². The molecule has 5 heteroatoms. The number of rotatable bonds is 4. The van der Waals surface area contributed by atoms with Crippen LogP contribution in [0.1, 0.15) is 11.1 Å². The van der Waals surface area contributed by atoms with Gasteiger partial charge in [-0.3, -0.25) is 0 Å². The summed E-state index contributed by atoms with van der Waals surface area (Å²) in [4.78, 5) is 1.97. The van der Waals surface area contributed by atoms with Gasteiger partial charge < -0.3 is 4.90 Å². The lowest BCUT2D eigenvalue weighted by atomic mass is 10.0. The molecule has 3 aromatic rings. The van der Waals surface area contributed by atoms with Gasteiger partial charge in [-0.05, 0) is 49.0 Å². The van der Waals surface area contributed by atoms with Crippen molar-refractivity contribution in [3.63, 3.8) is 0 Å². The summed E-state index contributed by atoms with van der Waals surface area (Å²) in [6, 6.07) is 12.1. The number of hydrogen-bond donors (Lipinski definition) is 0. The lowest BCUT2D eigenvalue weighted by Gasteiger charge is -2.04. The van der Waals surface area contributed by atoms with Crippen molar-refractivity contribution in [3.8, 4) is 17.3 Å². The molecule has 3 rings (SSSR count). The van der Waals surface area contributed by atoms with Crippen LogP contribution in [0.25, 0.3) is 16.8 Å². The predicted octanol–water partition coefficient (Wildman–Crippen LogP) is 3.63. The number of benzene rings is 1. The summed E-state index contributed by atoms with van der Waals surface area (Å²) < 4.78 is 14.9. The lowest BCUT2D eigenvalue weighted by Crippen LogP contribution is -2.00. The van der Waals surface area contributed by atoms with Crippen molar-refractivity contribution in [2.24, 2.45) is 0 Å². The van der Waals surface area contributed by atoms with Crippen LogP contribution in [0.5, 0.6) is 0 Å². The number of fused-ring (bicyclic) bond motifs is 1. The Morgan fingerprint density at radius 3 is 2.62 bits per heavy atom. The molecule has 2 aromatic heterocycles. The summed E-state index contributed by atoms with van der Waals surface area (Å²) in [6.45, 7) is 0. The van der Waals surface area contributed by atoms with Crippen LogP contribution < -0.4 is 0 Å². The average Bonchev–Trinajstić information content (AvgIpc) is 2.93. The molecule has 0 amide bonds. The maximum Gasteiger partial charge on any atom is 0.123 e. The molecule has 0 N–H and O–H groups in total. The van der Waals surface area contributed by atoms with Gasteiger partial charge in [0.25, 0.3) is 0 Å². The normalized spacial score (nSPS) is 11.1. The standard InChI is InChI=1S/C19H17FN4/c1-23(2)11-3-4-17-18-10-5-14(12-21)13-24(18)22-19(17)15-6-8-16(20)9-7-15/h3,5-11,13H,4H2,1-2H3. The number of pyridine rings is 1. The molecule has 0 saturated heterocycles. The highest BCUT2D eigenvalue weighted by Crippen LogP contribution is 2.27. The lowest BCUT2D eigenvalue weighted by molar-refractivity contribution is 0.562. The molecule has 2 heterocycles. The Labute approximate surface area is 140 Å². The Bertz CT molecular complexity index is 930. The van der Waals surface area contributed by atoms with E-state index in [-0.39, 0.29) is 5.82 Å². The Balaban J connectivity index is 2.14. The summed E-state index contributed by atoms with van der Waals surface area (Å²) in [7, 11) is 3.93. The third kappa shape index (κ3) is 3.13. The highest BCUT2D eigenvalue weighted by molar-refractivity contribution is 5.73. The average molecular weight is 320 g/mol. The number of halogens is 1. The minimum atomic E-state index is -0.275. The molecule has 0 radical (unpaired) electrons. The van der Waals surface area contributed by atoms with E-state index >= 15 is 0 Å². The minimum absolute atomic E-state index is 0.275. The van der Waals surface area contributed by atoms with Crippen LogP contribution in [0.3, 0.4) is 0 Å². The number of aromatic nitrogens is 2. The smallest absolute Gasteiger partial charge is 0.123 e. The van der Waals surface area contributed by atoms with E-state index in [1.165, 1.54) is 12.1 Å². The Morgan fingerprint density at radius 2 is 1.96 bits per heavy atom. The SMILES string of the molecule is CN(C)C=CCc1c(-c2ccc(F)cc2)nn2cc(C#N)ccc12. The zero-order valence-corrected chi connectivity index (χ0v) is 13.6. The van der Waals surface area contributed by atoms with Crippen molar-refractivity contribution in [1.82, 2.24) is 14.5 Å². The predicted molar refractivity (Wildman–Crippen MR) is 91.8 cm³/mol. The van der Waals surface area contributed by atoms with Crippen LogP contribution in [0.4, 0.5) is 4.39 Å². The molecule has 0 bridgehead atoms. The Morgan fingerprint density at radius 1 is 1.21 bits per heavy atom. The Hall–Kier alpha value is -3.13. The summed E-state index contributed by atoms with van der Waals surface area (Å²) in [5, 5.41) is 13.7. The van der Waals surface area contributed by atoms with E-state index in [1.54, 1.807) is 28.9 Å². The second-order valence-electron chi connectivity index (χ2n) is 5.75. The van der Waals surface area contributed by atoms with Gasteiger partial charge >= 0.3 is 0 Å². The fourth-order valence-corrected chi connectivity index (χ4v) is 2.59. The van der Waals surface area contributed by atoms with E-state index in [0.717, 1.165) is 22.3 Å². The summed E-state index contributed by atoms with van der Waals surface area (Å²) in [5.41, 5.74) is 4.19. The number of hydrogen-bond acceptors (Lipinski definition) is 3. The largest absolute Gasteiger partial charge is 0.384 e. The molecule has 1 aromatic carbocycles. The van der Waals surface area contributed by atoms with E-state index in [2.05, 4.69) is 17.2 Å². The van der Waals surface area contributed by atoms with Crippen molar-refractivity contribution in [2.75, 3.05) is 14.1 Å². The van der Waals surface area contributed by atoms with E-state index in [1.807, 2.05) is 31.3 Å². The van der Waals surface area contributed by atoms with Gasteiger partial charge in [-0.2, -0.15) is 10.4 Å². The molecule has 24 heavy (non-hydrogen) atoms.